The van der Waals surface area contributed by atoms with Crippen LogP contribution >= 0.6 is 0 Å². The maximum atomic E-state index is 13.0. The lowest BCUT2D eigenvalue weighted by Gasteiger charge is -2.21. The Morgan fingerprint density at radius 3 is 2.56 bits per heavy atom. The number of rotatable bonds is 4. The van der Waals surface area contributed by atoms with Gasteiger partial charge in [-0.25, -0.2) is 8.78 Å². The summed E-state index contributed by atoms with van der Waals surface area (Å²) in [6.45, 7) is 2.26. The summed E-state index contributed by atoms with van der Waals surface area (Å²) in [6, 6.07) is 3.36. The summed E-state index contributed by atoms with van der Waals surface area (Å²) in [5.41, 5.74) is 5.70. The Morgan fingerprint density at radius 2 is 2.06 bits per heavy atom. The lowest BCUT2D eigenvalue weighted by Crippen LogP contribution is -2.34. The van der Waals surface area contributed by atoms with Crippen molar-refractivity contribution in [3.05, 3.63) is 29.8 Å². The van der Waals surface area contributed by atoms with Crippen molar-refractivity contribution >= 4 is 11.6 Å². The van der Waals surface area contributed by atoms with E-state index in [2.05, 4.69) is 0 Å². The molecule has 3 nitrogen and oxygen atoms in total. The molecule has 0 aromatic heterocycles. The second-order valence-corrected chi connectivity index (χ2v) is 3.29. The van der Waals surface area contributed by atoms with Gasteiger partial charge < -0.3 is 10.6 Å². The summed E-state index contributed by atoms with van der Waals surface area (Å²) in [4.78, 5) is 12.9. The van der Waals surface area contributed by atoms with E-state index < -0.39 is 11.6 Å². The van der Waals surface area contributed by atoms with E-state index in [1.807, 2.05) is 0 Å². The molecule has 2 N–H and O–H groups in total. The second-order valence-electron chi connectivity index (χ2n) is 3.29. The minimum absolute atomic E-state index is 0.170. The molecule has 1 amide bonds. The molecule has 0 radical (unpaired) electrons. The van der Waals surface area contributed by atoms with Crippen molar-refractivity contribution in [1.82, 2.24) is 0 Å². The van der Waals surface area contributed by atoms with Gasteiger partial charge in [-0.05, 0) is 12.1 Å². The molecule has 5 heteroatoms. The summed E-state index contributed by atoms with van der Waals surface area (Å²) in [5, 5.41) is 0. The molecule has 0 aliphatic rings. The SMILES string of the molecule is CCC(=O)N(CCN)c1ccc(F)c(F)c1. The first-order valence-electron chi connectivity index (χ1n) is 5.05. The van der Waals surface area contributed by atoms with Crippen LogP contribution in [0.4, 0.5) is 14.5 Å². The molecule has 1 rings (SSSR count). The van der Waals surface area contributed by atoms with E-state index in [4.69, 9.17) is 5.73 Å². The highest BCUT2D eigenvalue weighted by molar-refractivity contribution is 5.93. The van der Waals surface area contributed by atoms with Crippen molar-refractivity contribution in [2.45, 2.75) is 13.3 Å². The Bertz CT molecular complexity index is 382. The molecule has 0 heterocycles. The Labute approximate surface area is 92.8 Å². The van der Waals surface area contributed by atoms with Crippen LogP contribution in [-0.2, 0) is 4.79 Å². The fourth-order valence-corrected chi connectivity index (χ4v) is 1.37. The molecule has 0 aliphatic carbocycles. The zero-order valence-corrected chi connectivity index (χ0v) is 9.04. The third-order valence-corrected chi connectivity index (χ3v) is 2.17. The van der Waals surface area contributed by atoms with Gasteiger partial charge >= 0.3 is 0 Å². The van der Waals surface area contributed by atoms with Crippen molar-refractivity contribution in [1.29, 1.82) is 0 Å². The molecule has 0 bridgehead atoms. The number of hydrogen-bond donors (Lipinski definition) is 1. The van der Waals surface area contributed by atoms with Gasteiger partial charge in [-0.1, -0.05) is 6.92 Å². The summed E-state index contributed by atoms with van der Waals surface area (Å²) in [6.07, 6.45) is 0.291. The average Bonchev–Trinajstić information content (AvgIpc) is 2.29. The first-order chi connectivity index (χ1) is 7.60. The van der Waals surface area contributed by atoms with Crippen molar-refractivity contribution in [2.75, 3.05) is 18.0 Å². The standard InChI is InChI=1S/C11H14F2N2O/c1-2-11(16)15(6-5-14)8-3-4-9(12)10(13)7-8/h3-4,7H,2,5-6,14H2,1H3. The van der Waals surface area contributed by atoms with Crippen molar-refractivity contribution in [3.8, 4) is 0 Å². The number of hydrogen-bond acceptors (Lipinski definition) is 2. The third kappa shape index (κ3) is 2.76. The number of nitrogens with two attached hydrogens (primary N) is 1. The van der Waals surface area contributed by atoms with Crippen LogP contribution in [-0.4, -0.2) is 19.0 Å². The van der Waals surface area contributed by atoms with E-state index in [0.29, 0.717) is 12.1 Å². The highest BCUT2D eigenvalue weighted by Gasteiger charge is 2.14. The van der Waals surface area contributed by atoms with Crippen LogP contribution in [0.1, 0.15) is 13.3 Å². The van der Waals surface area contributed by atoms with Gasteiger partial charge in [-0.15, -0.1) is 0 Å². The molecule has 0 aliphatic heterocycles. The molecule has 0 atom stereocenters. The van der Waals surface area contributed by atoms with Gasteiger partial charge in [0.05, 0.1) is 0 Å². The Morgan fingerprint density at radius 1 is 1.38 bits per heavy atom. The number of anilines is 1. The number of benzene rings is 1. The lowest BCUT2D eigenvalue weighted by molar-refractivity contribution is -0.118. The molecule has 0 saturated carbocycles. The molecule has 0 spiro atoms. The molecule has 0 saturated heterocycles. The molecule has 16 heavy (non-hydrogen) atoms. The summed E-state index contributed by atoms with van der Waals surface area (Å²) in [7, 11) is 0. The number of nitrogens with zero attached hydrogens (tertiary/aromatic N) is 1. The fraction of sp³-hybridized carbons (Fsp3) is 0.364. The summed E-state index contributed by atoms with van der Waals surface area (Å²) >= 11 is 0. The van der Waals surface area contributed by atoms with E-state index in [9.17, 15) is 13.6 Å². The second kappa shape index (κ2) is 5.55. The van der Waals surface area contributed by atoms with Gasteiger partial charge in [0, 0.05) is 31.3 Å². The van der Waals surface area contributed by atoms with Gasteiger partial charge in [0.25, 0.3) is 0 Å². The van der Waals surface area contributed by atoms with Gasteiger partial charge in [0.2, 0.25) is 5.91 Å². The molecular formula is C11H14F2N2O. The number of halogens is 2. The molecule has 0 unspecified atom stereocenters. The van der Waals surface area contributed by atoms with E-state index >= 15 is 0 Å². The third-order valence-electron chi connectivity index (χ3n) is 2.17. The van der Waals surface area contributed by atoms with E-state index in [1.165, 1.54) is 11.0 Å². The van der Waals surface area contributed by atoms with Crippen LogP contribution < -0.4 is 10.6 Å². The maximum absolute atomic E-state index is 13.0. The highest BCUT2D eigenvalue weighted by Crippen LogP contribution is 2.18. The van der Waals surface area contributed by atoms with Crippen LogP contribution in [0.15, 0.2) is 18.2 Å². The first kappa shape index (κ1) is 12.6. The van der Waals surface area contributed by atoms with Crippen LogP contribution in [0.3, 0.4) is 0 Å². The quantitative estimate of drug-likeness (QED) is 0.852. The van der Waals surface area contributed by atoms with Gasteiger partial charge in [0.1, 0.15) is 0 Å². The predicted octanol–water partition coefficient (Wildman–Crippen LogP) is 1.67. The topological polar surface area (TPSA) is 46.3 Å². The zero-order chi connectivity index (χ0) is 12.1. The monoisotopic (exact) mass is 228 g/mol. The smallest absolute Gasteiger partial charge is 0.226 e. The number of carbonyl (C=O) groups excluding carboxylic acids is 1. The normalized spacial score (nSPS) is 10.2. The molecule has 88 valence electrons. The van der Waals surface area contributed by atoms with E-state index in [0.717, 1.165) is 12.1 Å². The van der Waals surface area contributed by atoms with Gasteiger partial charge in [-0.3, -0.25) is 4.79 Å². The molecular weight excluding hydrogens is 214 g/mol. The zero-order valence-electron chi connectivity index (χ0n) is 9.04. The maximum Gasteiger partial charge on any atom is 0.226 e. The van der Waals surface area contributed by atoms with Crippen molar-refractivity contribution in [3.63, 3.8) is 0 Å². The van der Waals surface area contributed by atoms with Gasteiger partial charge in [-0.2, -0.15) is 0 Å². The van der Waals surface area contributed by atoms with Crippen LogP contribution in [0.5, 0.6) is 0 Å². The van der Waals surface area contributed by atoms with E-state index in [1.54, 1.807) is 6.92 Å². The van der Waals surface area contributed by atoms with Crippen molar-refractivity contribution < 1.29 is 13.6 Å². The van der Waals surface area contributed by atoms with Crippen LogP contribution in [0.25, 0.3) is 0 Å². The van der Waals surface area contributed by atoms with E-state index in [-0.39, 0.29) is 19.0 Å². The average molecular weight is 228 g/mol. The Balaban J connectivity index is 3.01. The summed E-state index contributed by atoms with van der Waals surface area (Å²) in [5.74, 6) is -2.07. The minimum Gasteiger partial charge on any atom is -0.329 e. The first-order valence-corrected chi connectivity index (χ1v) is 5.05. The van der Waals surface area contributed by atoms with Crippen LogP contribution in [0, 0.1) is 11.6 Å². The molecule has 1 aromatic rings. The molecule has 0 fully saturated rings. The molecule has 1 aromatic carbocycles. The fourth-order valence-electron chi connectivity index (χ4n) is 1.37. The highest BCUT2D eigenvalue weighted by atomic mass is 19.2. The Kier molecular flexibility index (Phi) is 4.37. The summed E-state index contributed by atoms with van der Waals surface area (Å²) < 4.78 is 25.7. The van der Waals surface area contributed by atoms with Gasteiger partial charge in [0.15, 0.2) is 11.6 Å². The minimum atomic E-state index is -0.969. The van der Waals surface area contributed by atoms with Crippen molar-refractivity contribution in [2.24, 2.45) is 5.73 Å². The van der Waals surface area contributed by atoms with Crippen LogP contribution in [0.2, 0.25) is 0 Å². The lowest BCUT2D eigenvalue weighted by atomic mass is 10.2. The largest absolute Gasteiger partial charge is 0.329 e. The predicted molar refractivity (Wildman–Crippen MR) is 58.1 cm³/mol. The number of carbonyl (C=O) groups is 1. The number of amides is 1. The Hall–Kier alpha value is -1.49.